The molecule has 0 saturated carbocycles. The number of carbonyl (C=O) groups excluding carboxylic acids is 1. The van der Waals surface area contributed by atoms with Crippen LogP contribution in [-0.2, 0) is 29.4 Å². The number of anilines is 1. The number of benzene rings is 2. The van der Waals surface area contributed by atoms with Gasteiger partial charge in [0.2, 0.25) is 0 Å². The number of ether oxygens (including phenoxy) is 2. The highest BCUT2D eigenvalue weighted by atomic mass is 19.4. The first-order valence-electron chi connectivity index (χ1n) is 15.4. The van der Waals surface area contributed by atoms with Gasteiger partial charge in [-0.3, -0.25) is 19.1 Å². The van der Waals surface area contributed by atoms with Gasteiger partial charge in [0.15, 0.2) is 0 Å². The Labute approximate surface area is 275 Å². The van der Waals surface area contributed by atoms with Crippen LogP contribution in [0.4, 0.5) is 23.2 Å². The highest BCUT2D eigenvalue weighted by molar-refractivity contribution is 5.98. The lowest BCUT2D eigenvalue weighted by Gasteiger charge is -2.38. The Balaban J connectivity index is 1.31. The van der Waals surface area contributed by atoms with Crippen molar-refractivity contribution in [3.8, 4) is 11.4 Å². The SMILES string of the molecule is Cc1cc(N2CCOC[C@@H]2C(F)(F)F)cc(F)c1C(=O)N[C@@H](Cc1ccc(-n2c(=O)c3ccncc3n(C)c2=O)c2c1CCCO2)C(=O)O. The molecule has 4 heterocycles. The van der Waals surface area contributed by atoms with Crippen LogP contribution in [0.2, 0.25) is 0 Å². The number of alkyl halides is 3. The summed E-state index contributed by atoms with van der Waals surface area (Å²) in [4.78, 5) is 57.5. The summed E-state index contributed by atoms with van der Waals surface area (Å²) in [5.74, 6) is -3.38. The number of pyridine rings is 1. The number of rotatable bonds is 7. The zero-order valence-corrected chi connectivity index (χ0v) is 26.3. The minimum atomic E-state index is -4.64. The summed E-state index contributed by atoms with van der Waals surface area (Å²) >= 11 is 0. The van der Waals surface area contributed by atoms with Gasteiger partial charge < -0.3 is 24.8 Å². The summed E-state index contributed by atoms with van der Waals surface area (Å²) < 4.78 is 69.5. The van der Waals surface area contributed by atoms with Gasteiger partial charge in [-0.1, -0.05) is 6.07 Å². The van der Waals surface area contributed by atoms with Crippen molar-refractivity contribution in [2.45, 2.75) is 44.4 Å². The Kier molecular flexibility index (Phi) is 8.92. The second kappa shape index (κ2) is 13.0. The molecule has 0 spiro atoms. The Hall–Kier alpha value is -5.25. The molecule has 0 radical (unpaired) electrons. The second-order valence-electron chi connectivity index (χ2n) is 11.9. The first-order chi connectivity index (χ1) is 23.3. The summed E-state index contributed by atoms with van der Waals surface area (Å²) in [5, 5.41) is 12.7. The van der Waals surface area contributed by atoms with Crippen molar-refractivity contribution in [1.29, 1.82) is 0 Å². The van der Waals surface area contributed by atoms with Crippen molar-refractivity contribution in [1.82, 2.24) is 19.4 Å². The summed E-state index contributed by atoms with van der Waals surface area (Å²) in [6.07, 6.45) is -1.09. The van der Waals surface area contributed by atoms with E-state index >= 15 is 4.39 Å². The van der Waals surface area contributed by atoms with Crippen LogP contribution in [0.3, 0.4) is 0 Å². The minimum Gasteiger partial charge on any atom is -0.491 e. The molecule has 258 valence electrons. The first-order valence-corrected chi connectivity index (χ1v) is 15.4. The number of nitrogens with one attached hydrogen (secondary N) is 1. The molecule has 2 aliphatic rings. The lowest BCUT2D eigenvalue weighted by molar-refractivity contribution is -0.167. The third kappa shape index (κ3) is 6.23. The number of carbonyl (C=O) groups is 2. The lowest BCUT2D eigenvalue weighted by atomic mass is 9.93. The maximum Gasteiger partial charge on any atom is 0.411 e. The molecule has 1 amide bonds. The molecular weight excluding hydrogens is 654 g/mol. The maximum atomic E-state index is 15.4. The van der Waals surface area contributed by atoms with Crippen LogP contribution in [0.1, 0.15) is 33.5 Å². The van der Waals surface area contributed by atoms with E-state index in [9.17, 15) is 37.5 Å². The van der Waals surface area contributed by atoms with Gasteiger partial charge >= 0.3 is 17.8 Å². The van der Waals surface area contributed by atoms with Crippen LogP contribution in [0.5, 0.6) is 5.75 Å². The number of amides is 1. The molecule has 0 aliphatic carbocycles. The lowest BCUT2D eigenvalue weighted by Crippen LogP contribution is -2.53. The quantitative estimate of drug-likeness (QED) is 0.281. The second-order valence-corrected chi connectivity index (χ2v) is 11.9. The van der Waals surface area contributed by atoms with Crippen molar-refractivity contribution < 1.29 is 41.7 Å². The van der Waals surface area contributed by atoms with Gasteiger partial charge in [-0.05, 0) is 60.7 Å². The number of carboxylic acid groups (broad SMARTS) is 1. The van der Waals surface area contributed by atoms with Crippen molar-refractivity contribution >= 4 is 28.5 Å². The minimum absolute atomic E-state index is 0.00113. The smallest absolute Gasteiger partial charge is 0.411 e. The molecule has 12 nitrogen and oxygen atoms in total. The molecule has 2 atom stereocenters. The van der Waals surface area contributed by atoms with E-state index in [0.717, 1.165) is 15.5 Å². The normalized spacial score (nSPS) is 16.9. The monoisotopic (exact) mass is 685 g/mol. The molecule has 2 aliphatic heterocycles. The molecule has 2 aromatic carbocycles. The van der Waals surface area contributed by atoms with Crippen LogP contribution >= 0.6 is 0 Å². The predicted molar refractivity (Wildman–Crippen MR) is 168 cm³/mol. The summed E-state index contributed by atoms with van der Waals surface area (Å²) in [6, 6.07) is 3.03. The van der Waals surface area contributed by atoms with Gasteiger partial charge in [-0.15, -0.1) is 0 Å². The molecule has 4 aromatic rings. The topological polar surface area (TPSA) is 145 Å². The van der Waals surface area contributed by atoms with E-state index in [0.29, 0.717) is 29.5 Å². The summed E-state index contributed by atoms with van der Waals surface area (Å²) in [5.41, 5.74) is -0.300. The van der Waals surface area contributed by atoms with E-state index in [1.165, 1.54) is 49.1 Å². The molecule has 1 saturated heterocycles. The van der Waals surface area contributed by atoms with Crippen molar-refractivity contribution in [3.63, 3.8) is 0 Å². The van der Waals surface area contributed by atoms with Crippen LogP contribution in [0, 0.1) is 12.7 Å². The predicted octanol–water partition coefficient (Wildman–Crippen LogP) is 3.05. The molecule has 0 unspecified atom stereocenters. The average Bonchev–Trinajstić information content (AvgIpc) is 3.07. The molecule has 2 N–H and O–H groups in total. The van der Waals surface area contributed by atoms with Gasteiger partial charge in [0, 0.05) is 31.9 Å². The van der Waals surface area contributed by atoms with E-state index in [2.05, 4.69) is 10.3 Å². The molecule has 6 rings (SSSR count). The number of morpholine rings is 1. The number of aromatic nitrogens is 3. The highest BCUT2D eigenvalue weighted by Crippen LogP contribution is 2.35. The molecule has 0 bridgehead atoms. The zero-order valence-electron chi connectivity index (χ0n) is 26.3. The molecule has 1 fully saturated rings. The number of aryl methyl sites for hydroxylation is 2. The fraction of sp³-hybridized carbons (Fsp3) is 0.364. The number of fused-ring (bicyclic) bond motifs is 2. The fourth-order valence-electron chi connectivity index (χ4n) is 6.40. The number of halogens is 4. The van der Waals surface area contributed by atoms with Crippen LogP contribution in [0.25, 0.3) is 16.6 Å². The van der Waals surface area contributed by atoms with Gasteiger partial charge in [-0.2, -0.15) is 13.2 Å². The van der Waals surface area contributed by atoms with Gasteiger partial charge in [-0.25, -0.2) is 18.5 Å². The van der Waals surface area contributed by atoms with Crippen molar-refractivity contribution in [2.75, 3.05) is 31.3 Å². The van der Waals surface area contributed by atoms with Gasteiger partial charge in [0.05, 0.1) is 48.2 Å². The standard InChI is InChI=1S/C33H31F4N5O7/c1-17-12-19(41-9-11-48-16-26(41)33(35,36)37)14-22(34)27(17)29(43)39-23(31(45)46)13-18-5-6-24(28-20(18)4-3-10-49-28)42-30(44)21-7-8-38-15-25(21)40(2)32(42)47/h5-8,12,14-15,23,26H,3-4,9-11,13,16H2,1-2H3,(H,39,43)(H,45,46)/t23-,26+/m0/s1. The van der Waals surface area contributed by atoms with Crippen LogP contribution < -0.4 is 26.2 Å². The number of carboxylic acids is 1. The van der Waals surface area contributed by atoms with E-state index in [1.54, 1.807) is 6.07 Å². The number of hydrogen-bond acceptors (Lipinski definition) is 8. The number of nitrogens with zero attached hydrogens (tertiary/aromatic N) is 4. The average molecular weight is 686 g/mol. The van der Waals surface area contributed by atoms with E-state index in [4.69, 9.17) is 9.47 Å². The Morgan fingerprint density at radius 3 is 2.65 bits per heavy atom. The summed E-state index contributed by atoms with van der Waals surface area (Å²) in [6.45, 7) is 0.846. The highest BCUT2D eigenvalue weighted by Gasteiger charge is 2.45. The maximum absolute atomic E-state index is 15.4. The van der Waals surface area contributed by atoms with E-state index < -0.39 is 59.4 Å². The van der Waals surface area contributed by atoms with Crippen molar-refractivity contribution in [3.05, 3.63) is 91.6 Å². The van der Waals surface area contributed by atoms with Crippen molar-refractivity contribution in [2.24, 2.45) is 7.05 Å². The molecule has 49 heavy (non-hydrogen) atoms. The fourth-order valence-corrected chi connectivity index (χ4v) is 6.40. The zero-order chi connectivity index (χ0) is 35.2. The Morgan fingerprint density at radius 2 is 1.94 bits per heavy atom. The largest absolute Gasteiger partial charge is 0.491 e. The van der Waals surface area contributed by atoms with Crippen LogP contribution in [0.15, 0.2) is 52.3 Å². The molecular formula is C33H31F4N5O7. The van der Waals surface area contributed by atoms with E-state index in [1.807, 2.05) is 0 Å². The molecule has 16 heteroatoms. The third-order valence-electron chi connectivity index (χ3n) is 8.83. The summed E-state index contributed by atoms with van der Waals surface area (Å²) in [7, 11) is 1.50. The number of aliphatic carboxylic acids is 1. The Bertz CT molecular complexity index is 2070. The van der Waals surface area contributed by atoms with Gasteiger partial charge in [0.25, 0.3) is 11.5 Å². The Morgan fingerprint density at radius 1 is 1.16 bits per heavy atom. The van der Waals surface area contributed by atoms with Crippen LogP contribution in [-0.4, -0.2) is 75.7 Å². The third-order valence-corrected chi connectivity index (χ3v) is 8.83. The van der Waals surface area contributed by atoms with Gasteiger partial charge in [0.1, 0.15) is 23.7 Å². The first kappa shape index (κ1) is 33.6. The molecule has 2 aromatic heterocycles. The number of hydrogen-bond donors (Lipinski definition) is 2. The van der Waals surface area contributed by atoms with E-state index in [-0.39, 0.29) is 54.3 Å².